The summed E-state index contributed by atoms with van der Waals surface area (Å²) < 4.78 is 3.13. The van der Waals surface area contributed by atoms with Crippen LogP contribution in [0.4, 0.5) is 0 Å². The Balaban J connectivity index is 3.59. The van der Waals surface area contributed by atoms with Gasteiger partial charge in [0.05, 0.1) is 0 Å². The summed E-state index contributed by atoms with van der Waals surface area (Å²) >= 11 is 2.18. The number of hydrogen-bond acceptors (Lipinski definition) is 3. The van der Waals surface area contributed by atoms with E-state index in [1.807, 2.05) is 0 Å². The van der Waals surface area contributed by atoms with E-state index in [0.29, 0.717) is 0 Å². The minimum Gasteiger partial charge on any atom is -0.303 e. The van der Waals surface area contributed by atoms with E-state index in [9.17, 15) is 0 Å². The minimum atomic E-state index is 0.946. The molecule has 4 heteroatoms. The summed E-state index contributed by atoms with van der Waals surface area (Å²) in [7, 11) is 0. The highest BCUT2D eigenvalue weighted by Gasteiger charge is 2.01. The Morgan fingerprint density at radius 1 is 1.43 bits per heavy atom. The molecule has 14 heavy (non-hydrogen) atoms. The smallest absolute Gasteiger partial charge is 0.0169 e. The molecule has 0 saturated heterocycles. The van der Waals surface area contributed by atoms with E-state index in [2.05, 4.69) is 44.1 Å². The molecule has 0 rings (SSSR count). The zero-order valence-electron chi connectivity index (χ0n) is 8.85. The van der Waals surface area contributed by atoms with Crippen molar-refractivity contribution in [1.82, 2.24) is 8.43 Å². The standard InChI is InChI=1S/C10H20IN3/c1-2-8-14(9-4-3-6-12)10-5-7-13-11/h3,12-13H,2,4-5,7-10H2,1H3. The van der Waals surface area contributed by atoms with Gasteiger partial charge in [-0.3, -0.25) is 8.94 Å². The van der Waals surface area contributed by atoms with Crippen molar-refractivity contribution < 1.29 is 0 Å². The third kappa shape index (κ3) is 8.69. The Hall–Kier alpha value is 0.1000. The molecule has 0 aromatic carbocycles. The van der Waals surface area contributed by atoms with Crippen LogP contribution >= 0.6 is 22.9 Å². The van der Waals surface area contributed by atoms with Crippen molar-refractivity contribution in [2.24, 2.45) is 0 Å². The highest BCUT2D eigenvalue weighted by Crippen LogP contribution is 1.96. The maximum atomic E-state index is 6.78. The summed E-state index contributed by atoms with van der Waals surface area (Å²) in [6.45, 7) is 6.64. The van der Waals surface area contributed by atoms with Crippen LogP contribution in [0.5, 0.6) is 0 Å². The van der Waals surface area contributed by atoms with Gasteiger partial charge in [-0.25, -0.2) is 0 Å². The molecule has 0 heterocycles. The molecule has 82 valence electrons. The largest absolute Gasteiger partial charge is 0.303 e. The van der Waals surface area contributed by atoms with E-state index in [4.69, 9.17) is 5.41 Å². The van der Waals surface area contributed by atoms with Crippen molar-refractivity contribution in [3.63, 3.8) is 0 Å². The lowest BCUT2D eigenvalue weighted by molar-refractivity contribution is 0.277. The average molecular weight is 309 g/mol. The first-order chi connectivity index (χ1) is 6.85. The number of nitrogens with one attached hydrogen (secondary N) is 2. The second-order valence-electron chi connectivity index (χ2n) is 3.22. The van der Waals surface area contributed by atoms with Crippen LogP contribution in [-0.2, 0) is 0 Å². The Morgan fingerprint density at radius 3 is 2.79 bits per heavy atom. The predicted octanol–water partition coefficient (Wildman–Crippen LogP) is 2.22. The quantitative estimate of drug-likeness (QED) is 0.297. The molecule has 0 aromatic rings. The fraction of sp³-hybridized carbons (Fsp3) is 0.800. The Morgan fingerprint density at radius 2 is 2.21 bits per heavy atom. The summed E-state index contributed by atoms with van der Waals surface area (Å²) in [5.41, 5.74) is 0. The fourth-order valence-corrected chi connectivity index (χ4v) is 1.72. The van der Waals surface area contributed by atoms with Crippen LogP contribution in [0.1, 0.15) is 26.2 Å². The van der Waals surface area contributed by atoms with Gasteiger partial charge in [0.15, 0.2) is 0 Å². The van der Waals surface area contributed by atoms with Crippen molar-refractivity contribution in [3.05, 3.63) is 6.08 Å². The molecule has 2 N–H and O–H groups in total. The first kappa shape index (κ1) is 14.1. The lowest BCUT2D eigenvalue weighted by Crippen LogP contribution is -2.28. The molecule has 0 amide bonds. The maximum absolute atomic E-state index is 6.78. The van der Waals surface area contributed by atoms with Crippen LogP contribution in [-0.4, -0.2) is 36.9 Å². The van der Waals surface area contributed by atoms with Crippen LogP contribution < -0.4 is 3.53 Å². The van der Waals surface area contributed by atoms with Gasteiger partial charge >= 0.3 is 0 Å². The molecule has 0 aliphatic carbocycles. The van der Waals surface area contributed by atoms with Crippen molar-refractivity contribution in [2.75, 3.05) is 26.2 Å². The van der Waals surface area contributed by atoms with Gasteiger partial charge in [0.25, 0.3) is 0 Å². The van der Waals surface area contributed by atoms with Gasteiger partial charge in [-0.05, 0) is 44.3 Å². The molecule has 0 bridgehead atoms. The molecule has 0 radical (unpaired) electrons. The molecule has 0 aliphatic rings. The Bertz CT molecular complexity index is 167. The second-order valence-corrected chi connectivity index (χ2v) is 3.98. The zero-order chi connectivity index (χ0) is 10.6. The zero-order valence-corrected chi connectivity index (χ0v) is 11.0. The summed E-state index contributed by atoms with van der Waals surface area (Å²) in [6, 6.07) is 0. The van der Waals surface area contributed by atoms with Crippen LogP contribution in [0.15, 0.2) is 6.08 Å². The van der Waals surface area contributed by atoms with E-state index >= 15 is 0 Å². The molecule has 0 aromatic heterocycles. The molecule has 0 aliphatic heterocycles. The molecule has 0 atom stereocenters. The lowest BCUT2D eigenvalue weighted by atomic mass is 10.3. The number of hydrogen-bond donors (Lipinski definition) is 2. The normalized spacial score (nSPS) is 10.2. The highest BCUT2D eigenvalue weighted by molar-refractivity contribution is 14.1. The molecule has 0 spiro atoms. The SMILES string of the molecule is CCCN(CCC=C=N)CCCNI. The molecular weight excluding hydrogens is 289 g/mol. The molecule has 0 fully saturated rings. The highest BCUT2D eigenvalue weighted by atomic mass is 127. The van der Waals surface area contributed by atoms with Gasteiger partial charge in [0, 0.05) is 36.0 Å². The summed E-state index contributed by atoms with van der Waals surface area (Å²) in [5.74, 6) is 2.32. The number of halogens is 1. The predicted molar refractivity (Wildman–Crippen MR) is 70.3 cm³/mol. The minimum absolute atomic E-state index is 0.946. The summed E-state index contributed by atoms with van der Waals surface area (Å²) in [4.78, 5) is 2.45. The molecule has 3 nitrogen and oxygen atoms in total. The van der Waals surface area contributed by atoms with Gasteiger partial charge < -0.3 is 4.90 Å². The number of nitrogens with zero attached hydrogens (tertiary/aromatic N) is 1. The van der Waals surface area contributed by atoms with Gasteiger partial charge in [-0.2, -0.15) is 0 Å². The Labute approximate surface area is 101 Å². The van der Waals surface area contributed by atoms with Crippen LogP contribution in [0.3, 0.4) is 0 Å². The van der Waals surface area contributed by atoms with Crippen molar-refractivity contribution >= 4 is 28.7 Å². The first-order valence-corrected chi connectivity index (χ1v) is 6.22. The second kappa shape index (κ2) is 11.2. The van der Waals surface area contributed by atoms with E-state index < -0.39 is 0 Å². The maximum Gasteiger partial charge on any atom is 0.0169 e. The van der Waals surface area contributed by atoms with Crippen LogP contribution in [0.25, 0.3) is 0 Å². The molecule has 0 unspecified atom stereocenters. The number of rotatable bonds is 9. The average Bonchev–Trinajstić information content (AvgIpc) is 2.18. The van der Waals surface area contributed by atoms with E-state index in [1.54, 1.807) is 6.08 Å². The van der Waals surface area contributed by atoms with Gasteiger partial charge in [-0.15, -0.1) is 0 Å². The van der Waals surface area contributed by atoms with Crippen LogP contribution in [0, 0.1) is 5.41 Å². The van der Waals surface area contributed by atoms with Gasteiger partial charge in [-0.1, -0.05) is 6.92 Å². The topological polar surface area (TPSA) is 39.1 Å². The third-order valence-corrected chi connectivity index (χ3v) is 2.52. The van der Waals surface area contributed by atoms with E-state index in [1.165, 1.54) is 12.8 Å². The van der Waals surface area contributed by atoms with Gasteiger partial charge in [0.1, 0.15) is 0 Å². The monoisotopic (exact) mass is 309 g/mol. The summed E-state index contributed by atoms with van der Waals surface area (Å²) in [6.07, 6.45) is 5.13. The molecular formula is C10H20IN3. The lowest BCUT2D eigenvalue weighted by Gasteiger charge is -2.20. The molecule has 0 saturated carbocycles. The van der Waals surface area contributed by atoms with E-state index in [0.717, 1.165) is 32.6 Å². The van der Waals surface area contributed by atoms with Crippen LogP contribution in [0.2, 0.25) is 0 Å². The first-order valence-electron chi connectivity index (χ1n) is 5.15. The Kier molecular flexibility index (Phi) is 11.3. The third-order valence-electron chi connectivity index (χ3n) is 1.98. The van der Waals surface area contributed by atoms with Gasteiger partial charge in [0.2, 0.25) is 0 Å². The van der Waals surface area contributed by atoms with E-state index in [-0.39, 0.29) is 0 Å². The summed E-state index contributed by atoms with van der Waals surface area (Å²) in [5, 5.41) is 6.78. The van der Waals surface area contributed by atoms with Crippen molar-refractivity contribution in [2.45, 2.75) is 26.2 Å². The fourth-order valence-electron chi connectivity index (χ4n) is 1.34. The van der Waals surface area contributed by atoms with Crippen molar-refractivity contribution in [3.8, 4) is 0 Å². The van der Waals surface area contributed by atoms with Crippen molar-refractivity contribution in [1.29, 1.82) is 5.41 Å².